The van der Waals surface area contributed by atoms with Crippen molar-refractivity contribution in [1.29, 1.82) is 0 Å². The number of ether oxygens (including phenoxy) is 1. The van der Waals surface area contributed by atoms with Crippen LogP contribution in [0.1, 0.15) is 46.1 Å². The first-order chi connectivity index (χ1) is 17.0. The van der Waals surface area contributed by atoms with Gasteiger partial charge in [-0.2, -0.15) is 0 Å². The number of rotatable bonds is 5. The molecule has 5 rings (SSSR count). The van der Waals surface area contributed by atoms with Gasteiger partial charge in [0.15, 0.2) is 0 Å². The SMILES string of the molecule is CCOC(=O)c1c(N=Cc2c(O)n(-c3ccccc3Cl)c(=O)c3ccccc23)sc2c1CCCC2. The van der Waals surface area contributed by atoms with E-state index in [1.54, 1.807) is 55.5 Å². The van der Waals surface area contributed by atoms with Gasteiger partial charge < -0.3 is 9.84 Å². The molecule has 0 atom stereocenters. The standard InChI is InChI=1S/C27H23ClN2O4S/c1-2-34-27(33)23-18-11-5-8-14-22(18)35-24(23)29-15-19-16-9-3-4-10-17(16)25(31)30(26(19)32)21-13-7-6-12-20(21)28/h3-4,6-7,9-10,12-13,15,32H,2,5,8,11,14H2,1H3. The van der Waals surface area contributed by atoms with E-state index < -0.39 is 0 Å². The second-order valence-corrected chi connectivity index (χ2v) is 9.74. The van der Waals surface area contributed by atoms with Gasteiger partial charge in [-0.15, -0.1) is 11.3 Å². The quantitative estimate of drug-likeness (QED) is 0.257. The third-order valence-corrected chi connectivity index (χ3v) is 7.66. The van der Waals surface area contributed by atoms with Crippen LogP contribution in [0, 0.1) is 0 Å². The van der Waals surface area contributed by atoms with Crippen LogP contribution in [0.4, 0.5) is 5.00 Å². The number of pyridine rings is 1. The van der Waals surface area contributed by atoms with Crippen molar-refractivity contribution in [1.82, 2.24) is 4.57 Å². The number of aryl methyl sites for hydroxylation is 1. The lowest BCUT2D eigenvalue weighted by Gasteiger charge is -2.14. The summed E-state index contributed by atoms with van der Waals surface area (Å²) < 4.78 is 6.52. The lowest BCUT2D eigenvalue weighted by atomic mass is 9.95. The zero-order valence-corrected chi connectivity index (χ0v) is 20.7. The predicted octanol–water partition coefficient (Wildman–Crippen LogP) is 6.22. The Kier molecular flexibility index (Phi) is 6.45. The average molecular weight is 507 g/mol. The largest absolute Gasteiger partial charge is 0.494 e. The monoisotopic (exact) mass is 506 g/mol. The predicted molar refractivity (Wildman–Crippen MR) is 140 cm³/mol. The number of aromatic hydroxyl groups is 1. The van der Waals surface area contributed by atoms with Crippen molar-refractivity contribution in [2.45, 2.75) is 32.6 Å². The lowest BCUT2D eigenvalue weighted by Crippen LogP contribution is -2.20. The van der Waals surface area contributed by atoms with Crippen LogP contribution in [0.15, 0.2) is 58.3 Å². The Morgan fingerprint density at radius 3 is 2.63 bits per heavy atom. The Balaban J connectivity index is 1.72. The summed E-state index contributed by atoms with van der Waals surface area (Å²) >= 11 is 7.85. The molecule has 0 fully saturated rings. The Morgan fingerprint density at radius 2 is 1.86 bits per heavy atom. The van der Waals surface area contributed by atoms with Gasteiger partial charge in [-0.25, -0.2) is 14.4 Å². The van der Waals surface area contributed by atoms with Gasteiger partial charge in [0.05, 0.1) is 28.4 Å². The van der Waals surface area contributed by atoms with Gasteiger partial charge in [-0.1, -0.05) is 41.9 Å². The van der Waals surface area contributed by atoms with Crippen molar-refractivity contribution < 1.29 is 14.6 Å². The number of hydrogen-bond donors (Lipinski definition) is 1. The van der Waals surface area contributed by atoms with Gasteiger partial charge in [0.2, 0.25) is 5.88 Å². The number of thiophene rings is 1. The number of aliphatic imine (C=N–C) groups is 1. The number of halogens is 1. The van der Waals surface area contributed by atoms with Crippen molar-refractivity contribution in [3.05, 3.63) is 85.5 Å². The molecule has 178 valence electrons. The molecule has 1 aliphatic rings. The van der Waals surface area contributed by atoms with E-state index in [1.807, 2.05) is 0 Å². The fourth-order valence-electron chi connectivity index (χ4n) is 4.53. The highest BCUT2D eigenvalue weighted by molar-refractivity contribution is 7.16. The first-order valence-electron chi connectivity index (χ1n) is 11.5. The summed E-state index contributed by atoms with van der Waals surface area (Å²) in [6.45, 7) is 2.06. The number of nitrogens with zero attached hydrogens (tertiary/aromatic N) is 2. The normalized spacial score (nSPS) is 13.3. The Labute approximate surface area is 211 Å². The molecule has 2 heterocycles. The van der Waals surface area contributed by atoms with Crippen molar-refractivity contribution in [2.75, 3.05) is 6.61 Å². The number of esters is 1. The van der Waals surface area contributed by atoms with E-state index >= 15 is 0 Å². The highest BCUT2D eigenvalue weighted by atomic mass is 35.5. The molecule has 1 N–H and O–H groups in total. The van der Waals surface area contributed by atoms with E-state index in [0.29, 0.717) is 37.6 Å². The van der Waals surface area contributed by atoms with Gasteiger partial charge >= 0.3 is 5.97 Å². The van der Waals surface area contributed by atoms with Crippen LogP contribution in [0.2, 0.25) is 5.02 Å². The topological polar surface area (TPSA) is 80.9 Å². The zero-order chi connectivity index (χ0) is 24.5. The first-order valence-corrected chi connectivity index (χ1v) is 12.7. The van der Waals surface area contributed by atoms with Crippen LogP contribution in [0.3, 0.4) is 0 Å². The molecule has 8 heteroatoms. The van der Waals surface area contributed by atoms with Gasteiger partial charge in [-0.3, -0.25) is 4.79 Å². The smallest absolute Gasteiger partial charge is 0.341 e. The second-order valence-electron chi connectivity index (χ2n) is 8.24. The summed E-state index contributed by atoms with van der Waals surface area (Å²) in [7, 11) is 0. The Hall–Kier alpha value is -3.42. The van der Waals surface area contributed by atoms with Crippen molar-refractivity contribution in [3.8, 4) is 11.6 Å². The number of fused-ring (bicyclic) bond motifs is 2. The first kappa shape index (κ1) is 23.3. The van der Waals surface area contributed by atoms with E-state index in [4.69, 9.17) is 16.3 Å². The number of benzene rings is 2. The number of aromatic nitrogens is 1. The van der Waals surface area contributed by atoms with E-state index in [1.165, 1.54) is 22.1 Å². The fraction of sp³-hybridized carbons (Fsp3) is 0.222. The van der Waals surface area contributed by atoms with E-state index in [9.17, 15) is 14.7 Å². The molecule has 0 saturated carbocycles. The molecule has 0 spiro atoms. The van der Waals surface area contributed by atoms with Crippen LogP contribution in [0.5, 0.6) is 5.88 Å². The summed E-state index contributed by atoms with van der Waals surface area (Å²) in [5.41, 5.74) is 1.87. The minimum Gasteiger partial charge on any atom is -0.494 e. The van der Waals surface area contributed by atoms with E-state index in [-0.39, 0.29) is 24.0 Å². The number of carbonyl (C=O) groups is 1. The minimum atomic E-state index is -0.387. The third-order valence-electron chi connectivity index (χ3n) is 6.14. The molecule has 2 aromatic carbocycles. The van der Waals surface area contributed by atoms with Crippen molar-refractivity contribution in [2.24, 2.45) is 4.99 Å². The fourth-order valence-corrected chi connectivity index (χ4v) is 5.97. The van der Waals surface area contributed by atoms with Crippen LogP contribution in [0.25, 0.3) is 16.5 Å². The molecule has 2 aromatic heterocycles. The maximum absolute atomic E-state index is 13.3. The van der Waals surface area contributed by atoms with Crippen LogP contribution in [-0.4, -0.2) is 28.5 Å². The average Bonchev–Trinajstić information content (AvgIpc) is 3.24. The minimum absolute atomic E-state index is 0.274. The molecular formula is C27H23ClN2O4S. The summed E-state index contributed by atoms with van der Waals surface area (Å²) in [5, 5.41) is 13.1. The molecule has 0 unspecified atom stereocenters. The summed E-state index contributed by atoms with van der Waals surface area (Å²) in [6.07, 6.45) is 5.35. The zero-order valence-electron chi connectivity index (χ0n) is 19.1. The Bertz CT molecular complexity index is 1540. The summed E-state index contributed by atoms with van der Waals surface area (Å²) in [4.78, 5) is 31.9. The number of para-hydroxylation sites is 1. The van der Waals surface area contributed by atoms with Gasteiger partial charge in [0.1, 0.15) is 5.00 Å². The molecule has 0 radical (unpaired) electrons. The molecule has 35 heavy (non-hydrogen) atoms. The van der Waals surface area contributed by atoms with Crippen LogP contribution >= 0.6 is 22.9 Å². The molecule has 6 nitrogen and oxygen atoms in total. The van der Waals surface area contributed by atoms with E-state index in [2.05, 4.69) is 4.99 Å². The molecule has 0 amide bonds. The molecular weight excluding hydrogens is 484 g/mol. The summed E-state index contributed by atoms with van der Waals surface area (Å²) in [6, 6.07) is 13.9. The second kappa shape index (κ2) is 9.68. The molecule has 0 saturated heterocycles. The maximum atomic E-state index is 13.3. The van der Waals surface area contributed by atoms with Crippen molar-refractivity contribution >= 4 is 50.9 Å². The van der Waals surface area contributed by atoms with Crippen LogP contribution in [-0.2, 0) is 17.6 Å². The van der Waals surface area contributed by atoms with Gasteiger partial charge in [0.25, 0.3) is 5.56 Å². The summed E-state index contributed by atoms with van der Waals surface area (Å²) in [5.74, 6) is -0.654. The van der Waals surface area contributed by atoms with Gasteiger partial charge in [0, 0.05) is 21.9 Å². The lowest BCUT2D eigenvalue weighted by molar-refractivity contribution is 0.0526. The molecule has 0 aliphatic heterocycles. The highest BCUT2D eigenvalue weighted by Gasteiger charge is 2.26. The highest BCUT2D eigenvalue weighted by Crippen LogP contribution is 2.40. The maximum Gasteiger partial charge on any atom is 0.341 e. The number of carbonyl (C=O) groups excluding carboxylic acids is 1. The van der Waals surface area contributed by atoms with Gasteiger partial charge in [-0.05, 0) is 56.4 Å². The third kappa shape index (κ3) is 4.15. The van der Waals surface area contributed by atoms with E-state index in [0.717, 1.165) is 36.1 Å². The Morgan fingerprint density at radius 1 is 1.14 bits per heavy atom. The molecule has 4 aromatic rings. The van der Waals surface area contributed by atoms with Crippen molar-refractivity contribution in [3.63, 3.8) is 0 Å². The molecule has 1 aliphatic carbocycles. The molecule has 0 bridgehead atoms. The number of hydrogen-bond acceptors (Lipinski definition) is 6. The van der Waals surface area contributed by atoms with Crippen LogP contribution < -0.4 is 5.56 Å².